The van der Waals surface area contributed by atoms with Gasteiger partial charge in [0.1, 0.15) is 5.71 Å². The Labute approximate surface area is 147 Å². The van der Waals surface area contributed by atoms with E-state index in [-0.39, 0.29) is 17.6 Å². The highest BCUT2D eigenvalue weighted by atomic mass is 16.7. The molecule has 1 aromatic rings. The smallest absolute Gasteiger partial charge is 0.269 e. The zero-order valence-electron chi connectivity index (χ0n) is 14.3. The number of aromatic nitrogens is 1. The molecule has 0 radical (unpaired) electrons. The molecule has 0 aliphatic carbocycles. The van der Waals surface area contributed by atoms with E-state index in [4.69, 9.17) is 9.57 Å². The number of rotatable bonds is 5. The van der Waals surface area contributed by atoms with E-state index in [0.717, 1.165) is 45.5 Å². The Bertz CT molecular complexity index is 645. The second-order valence-electron chi connectivity index (χ2n) is 7.16. The van der Waals surface area contributed by atoms with Crippen LogP contribution in [0.15, 0.2) is 29.7 Å². The Morgan fingerprint density at radius 1 is 1.48 bits per heavy atom. The first-order chi connectivity index (χ1) is 12.2. The maximum atomic E-state index is 12.3. The molecular formula is C18H24N4O3. The third-order valence-electron chi connectivity index (χ3n) is 5.14. The number of likely N-dealkylation sites (tertiary alicyclic amines) is 1. The summed E-state index contributed by atoms with van der Waals surface area (Å²) in [5.74, 6) is -0.127. The molecule has 2 fully saturated rings. The van der Waals surface area contributed by atoms with Crippen molar-refractivity contribution in [1.29, 1.82) is 0 Å². The van der Waals surface area contributed by atoms with E-state index in [0.29, 0.717) is 18.7 Å². The van der Waals surface area contributed by atoms with Crippen LogP contribution in [0.25, 0.3) is 0 Å². The second kappa shape index (κ2) is 7.09. The molecule has 0 aromatic carbocycles. The summed E-state index contributed by atoms with van der Waals surface area (Å²) in [4.78, 5) is 24.5. The van der Waals surface area contributed by atoms with Crippen molar-refractivity contribution >= 4 is 11.6 Å². The Morgan fingerprint density at radius 3 is 3.24 bits per heavy atom. The molecule has 0 unspecified atom stereocenters. The minimum atomic E-state index is -0.348. The molecule has 7 heteroatoms. The lowest BCUT2D eigenvalue weighted by atomic mass is 9.96. The monoisotopic (exact) mass is 344 g/mol. The molecule has 4 rings (SSSR count). The van der Waals surface area contributed by atoms with Crippen LogP contribution >= 0.6 is 0 Å². The molecule has 1 spiro atoms. The summed E-state index contributed by atoms with van der Waals surface area (Å²) >= 11 is 0. The molecule has 134 valence electrons. The summed E-state index contributed by atoms with van der Waals surface area (Å²) in [6, 6.07) is 4.03. The summed E-state index contributed by atoms with van der Waals surface area (Å²) in [5.41, 5.74) is 1.34. The minimum Gasteiger partial charge on any atom is -0.387 e. The molecule has 1 N–H and O–H groups in total. The summed E-state index contributed by atoms with van der Waals surface area (Å²) in [5, 5.41) is 7.01. The predicted octanol–water partition coefficient (Wildman–Crippen LogP) is 1.10. The highest BCUT2D eigenvalue weighted by Gasteiger charge is 2.46. The number of amides is 1. The standard InChI is InChI=1S/C18H24N4O3/c23-17(20-11-15-4-2-8-24-15)16-9-18(25-21-16)5-7-22(13-18)12-14-3-1-6-19-10-14/h1,3,6,10,15H,2,4-5,7-9,11-13H2,(H,20,23)/t15-,18-/m0/s1. The van der Waals surface area contributed by atoms with Crippen LogP contribution in [-0.4, -0.2) is 59.4 Å². The van der Waals surface area contributed by atoms with Crippen molar-refractivity contribution in [2.75, 3.05) is 26.2 Å². The highest BCUT2D eigenvalue weighted by molar-refractivity contribution is 6.39. The molecule has 25 heavy (non-hydrogen) atoms. The summed E-state index contributed by atoms with van der Waals surface area (Å²) in [6.45, 7) is 3.92. The Morgan fingerprint density at radius 2 is 2.44 bits per heavy atom. The van der Waals surface area contributed by atoms with Crippen LogP contribution in [-0.2, 0) is 20.9 Å². The van der Waals surface area contributed by atoms with Gasteiger partial charge in [-0.3, -0.25) is 14.7 Å². The number of ether oxygens (including phenoxy) is 1. The molecule has 7 nitrogen and oxygen atoms in total. The number of nitrogens with zero attached hydrogens (tertiary/aromatic N) is 3. The lowest BCUT2D eigenvalue weighted by molar-refractivity contribution is -0.115. The minimum absolute atomic E-state index is 0.127. The maximum absolute atomic E-state index is 12.3. The van der Waals surface area contributed by atoms with E-state index in [1.807, 2.05) is 12.3 Å². The normalized spacial score (nSPS) is 29.0. The third-order valence-corrected chi connectivity index (χ3v) is 5.14. The first-order valence-corrected chi connectivity index (χ1v) is 8.99. The number of nitrogens with one attached hydrogen (secondary N) is 1. The second-order valence-corrected chi connectivity index (χ2v) is 7.16. The number of oxime groups is 1. The molecule has 3 aliphatic heterocycles. The van der Waals surface area contributed by atoms with Crippen molar-refractivity contribution in [2.45, 2.75) is 43.9 Å². The fraction of sp³-hybridized carbons (Fsp3) is 0.611. The average Bonchev–Trinajstić information content (AvgIpc) is 3.37. The first-order valence-electron chi connectivity index (χ1n) is 8.99. The Kier molecular flexibility index (Phi) is 4.67. The lowest BCUT2D eigenvalue weighted by Gasteiger charge is -2.21. The van der Waals surface area contributed by atoms with Crippen LogP contribution in [0.3, 0.4) is 0 Å². The van der Waals surface area contributed by atoms with E-state index in [1.54, 1.807) is 6.20 Å². The van der Waals surface area contributed by atoms with E-state index in [9.17, 15) is 4.79 Å². The summed E-state index contributed by atoms with van der Waals surface area (Å²) in [6.07, 6.45) is 7.36. The van der Waals surface area contributed by atoms with Crippen LogP contribution in [0, 0.1) is 0 Å². The SMILES string of the molecule is O=C(NC[C@@H]1CCCO1)C1=NO[C@@]2(CCN(Cc3cccnc3)C2)C1. The fourth-order valence-corrected chi connectivity index (χ4v) is 3.79. The predicted molar refractivity (Wildman–Crippen MR) is 92.0 cm³/mol. The lowest BCUT2D eigenvalue weighted by Crippen LogP contribution is -2.39. The molecule has 0 saturated carbocycles. The van der Waals surface area contributed by atoms with Gasteiger partial charge >= 0.3 is 0 Å². The van der Waals surface area contributed by atoms with E-state index in [2.05, 4.69) is 26.4 Å². The molecular weight excluding hydrogens is 320 g/mol. The Balaban J connectivity index is 1.27. The van der Waals surface area contributed by atoms with Crippen molar-refractivity contribution in [2.24, 2.45) is 5.16 Å². The highest BCUT2D eigenvalue weighted by Crippen LogP contribution is 2.34. The van der Waals surface area contributed by atoms with Crippen molar-refractivity contribution in [1.82, 2.24) is 15.2 Å². The van der Waals surface area contributed by atoms with Gasteiger partial charge in [-0.1, -0.05) is 11.2 Å². The number of pyridine rings is 1. The van der Waals surface area contributed by atoms with E-state index < -0.39 is 0 Å². The van der Waals surface area contributed by atoms with E-state index >= 15 is 0 Å². The number of hydrogen-bond donors (Lipinski definition) is 1. The van der Waals surface area contributed by atoms with Crippen LogP contribution in [0.2, 0.25) is 0 Å². The first kappa shape index (κ1) is 16.5. The molecule has 0 bridgehead atoms. The van der Waals surface area contributed by atoms with Gasteiger partial charge in [-0.15, -0.1) is 0 Å². The molecule has 3 aliphatic rings. The summed E-state index contributed by atoms with van der Waals surface area (Å²) < 4.78 is 5.53. The molecule has 1 aromatic heterocycles. The van der Waals surface area contributed by atoms with Crippen molar-refractivity contribution < 1.29 is 14.4 Å². The van der Waals surface area contributed by atoms with Crippen LogP contribution in [0.5, 0.6) is 0 Å². The zero-order valence-corrected chi connectivity index (χ0v) is 14.3. The third kappa shape index (κ3) is 3.82. The van der Waals surface area contributed by atoms with Gasteiger partial charge in [-0.25, -0.2) is 0 Å². The van der Waals surface area contributed by atoms with Crippen molar-refractivity contribution in [3.8, 4) is 0 Å². The number of carbonyl (C=O) groups excluding carboxylic acids is 1. The van der Waals surface area contributed by atoms with Gasteiger partial charge in [-0.05, 0) is 24.5 Å². The topological polar surface area (TPSA) is 76.1 Å². The van der Waals surface area contributed by atoms with Gasteiger partial charge in [0.15, 0.2) is 5.60 Å². The molecule has 2 saturated heterocycles. The van der Waals surface area contributed by atoms with Crippen LogP contribution in [0.1, 0.15) is 31.2 Å². The number of hydrogen-bond acceptors (Lipinski definition) is 6. The van der Waals surface area contributed by atoms with Crippen molar-refractivity contribution in [3.63, 3.8) is 0 Å². The van der Waals surface area contributed by atoms with Gasteiger partial charge in [0.2, 0.25) is 0 Å². The average molecular weight is 344 g/mol. The van der Waals surface area contributed by atoms with Gasteiger partial charge in [0, 0.05) is 58.0 Å². The quantitative estimate of drug-likeness (QED) is 0.866. The van der Waals surface area contributed by atoms with Crippen molar-refractivity contribution in [3.05, 3.63) is 30.1 Å². The molecule has 4 heterocycles. The molecule has 2 atom stereocenters. The Hall–Kier alpha value is -1.99. The molecule has 1 amide bonds. The van der Waals surface area contributed by atoms with E-state index in [1.165, 1.54) is 5.56 Å². The zero-order chi connectivity index (χ0) is 17.1. The van der Waals surface area contributed by atoms with Gasteiger partial charge in [-0.2, -0.15) is 0 Å². The largest absolute Gasteiger partial charge is 0.387 e. The van der Waals surface area contributed by atoms with Crippen LogP contribution in [0.4, 0.5) is 0 Å². The fourth-order valence-electron chi connectivity index (χ4n) is 3.79. The van der Waals surface area contributed by atoms with Gasteiger partial charge < -0.3 is 14.9 Å². The van der Waals surface area contributed by atoms with Gasteiger partial charge in [0.25, 0.3) is 5.91 Å². The summed E-state index contributed by atoms with van der Waals surface area (Å²) in [7, 11) is 0. The number of carbonyl (C=O) groups is 1. The van der Waals surface area contributed by atoms with Gasteiger partial charge in [0.05, 0.1) is 6.10 Å². The maximum Gasteiger partial charge on any atom is 0.269 e. The van der Waals surface area contributed by atoms with Crippen LogP contribution < -0.4 is 5.32 Å².